The molecule has 0 saturated carbocycles. The quantitative estimate of drug-likeness (QED) is 0.740. The summed E-state index contributed by atoms with van der Waals surface area (Å²) in [6.45, 7) is 3.62. The summed E-state index contributed by atoms with van der Waals surface area (Å²) in [7, 11) is 1.83. The fourth-order valence-electron chi connectivity index (χ4n) is 2.64. The van der Waals surface area contributed by atoms with E-state index in [1.807, 2.05) is 50.4 Å². The molecule has 2 N–H and O–H groups in total. The van der Waals surface area contributed by atoms with Gasteiger partial charge in [0.15, 0.2) is 13.1 Å². The first-order chi connectivity index (χ1) is 12.5. The minimum Gasteiger partial charge on any atom is -0.334 e. The van der Waals surface area contributed by atoms with Gasteiger partial charge in [0.1, 0.15) is 0 Å². The first-order valence-corrected chi connectivity index (χ1v) is 9.04. The van der Waals surface area contributed by atoms with Gasteiger partial charge in [-0.15, -0.1) is 0 Å². The molecule has 0 fully saturated rings. The standard InChI is InChI=1S/C20H24ClN3O2/c1-3-24(13-16-9-5-4-6-10-16)20(26)15-23(2)14-19(25)22-18-12-8-7-11-17(18)21/h4-12H,3,13-15H2,1-2H3,(H,22,25)/p+1. The Labute approximate surface area is 159 Å². The van der Waals surface area contributed by atoms with E-state index in [2.05, 4.69) is 5.32 Å². The summed E-state index contributed by atoms with van der Waals surface area (Å²) >= 11 is 6.04. The second-order valence-electron chi connectivity index (χ2n) is 6.23. The van der Waals surface area contributed by atoms with E-state index in [0.29, 0.717) is 23.8 Å². The van der Waals surface area contributed by atoms with Crippen LogP contribution in [-0.2, 0) is 16.1 Å². The maximum absolute atomic E-state index is 12.5. The predicted octanol–water partition coefficient (Wildman–Crippen LogP) is 1.84. The molecule has 0 aliphatic rings. The first-order valence-electron chi connectivity index (χ1n) is 8.67. The molecule has 0 aromatic heterocycles. The molecule has 26 heavy (non-hydrogen) atoms. The van der Waals surface area contributed by atoms with Gasteiger partial charge in [0.25, 0.3) is 11.8 Å². The third-order valence-corrected chi connectivity index (χ3v) is 4.34. The van der Waals surface area contributed by atoms with Crippen LogP contribution in [0.5, 0.6) is 0 Å². The number of nitrogens with zero attached hydrogens (tertiary/aromatic N) is 1. The Balaban J connectivity index is 1.85. The van der Waals surface area contributed by atoms with Gasteiger partial charge in [-0.05, 0) is 24.6 Å². The fraction of sp³-hybridized carbons (Fsp3) is 0.300. The number of carbonyl (C=O) groups excluding carboxylic acids is 2. The van der Waals surface area contributed by atoms with Gasteiger partial charge >= 0.3 is 0 Å². The highest BCUT2D eigenvalue weighted by Crippen LogP contribution is 2.19. The molecule has 2 rings (SSSR count). The molecular formula is C20H25ClN3O2+. The Kier molecular flexibility index (Phi) is 7.63. The number of carbonyl (C=O) groups is 2. The largest absolute Gasteiger partial charge is 0.334 e. The zero-order valence-corrected chi connectivity index (χ0v) is 15.9. The van der Waals surface area contributed by atoms with E-state index in [4.69, 9.17) is 11.6 Å². The molecule has 1 unspecified atom stereocenters. The van der Waals surface area contributed by atoms with E-state index >= 15 is 0 Å². The zero-order chi connectivity index (χ0) is 18.9. The van der Waals surface area contributed by atoms with Crippen LogP contribution in [0.4, 0.5) is 5.69 Å². The van der Waals surface area contributed by atoms with Crippen molar-refractivity contribution < 1.29 is 14.5 Å². The van der Waals surface area contributed by atoms with E-state index in [1.54, 1.807) is 23.1 Å². The van der Waals surface area contributed by atoms with Gasteiger partial charge in [-0.25, -0.2) is 0 Å². The van der Waals surface area contributed by atoms with Crippen molar-refractivity contribution in [1.82, 2.24) is 4.90 Å². The van der Waals surface area contributed by atoms with Gasteiger partial charge in [0.05, 0.1) is 17.8 Å². The molecule has 5 nitrogen and oxygen atoms in total. The molecule has 0 aliphatic heterocycles. The molecule has 6 heteroatoms. The molecule has 0 heterocycles. The number of anilines is 1. The van der Waals surface area contributed by atoms with E-state index in [0.717, 1.165) is 10.5 Å². The second-order valence-corrected chi connectivity index (χ2v) is 6.64. The van der Waals surface area contributed by atoms with E-state index in [9.17, 15) is 9.59 Å². The topological polar surface area (TPSA) is 53.9 Å². The zero-order valence-electron chi connectivity index (χ0n) is 15.2. The van der Waals surface area contributed by atoms with Crippen molar-refractivity contribution >= 4 is 29.1 Å². The summed E-state index contributed by atoms with van der Waals surface area (Å²) in [5.41, 5.74) is 1.68. The van der Waals surface area contributed by atoms with Gasteiger partial charge in [-0.1, -0.05) is 54.1 Å². The lowest BCUT2D eigenvalue weighted by molar-refractivity contribution is -0.862. The molecule has 0 bridgehead atoms. The first kappa shape index (κ1) is 19.9. The summed E-state index contributed by atoms with van der Waals surface area (Å²) in [4.78, 5) is 27.3. The van der Waals surface area contributed by atoms with Crippen molar-refractivity contribution in [1.29, 1.82) is 0 Å². The summed E-state index contributed by atoms with van der Waals surface area (Å²) < 4.78 is 0. The Morgan fingerprint density at radius 2 is 1.69 bits per heavy atom. The number of halogens is 1. The molecule has 138 valence electrons. The lowest BCUT2D eigenvalue weighted by Crippen LogP contribution is -3.11. The van der Waals surface area contributed by atoms with Crippen molar-refractivity contribution in [2.75, 3.05) is 32.0 Å². The fourth-order valence-corrected chi connectivity index (χ4v) is 2.83. The number of rotatable bonds is 8. The number of amides is 2. The summed E-state index contributed by atoms with van der Waals surface area (Å²) in [5.74, 6) is -0.145. The van der Waals surface area contributed by atoms with Crippen LogP contribution in [0.1, 0.15) is 12.5 Å². The summed E-state index contributed by atoms with van der Waals surface area (Å²) in [6, 6.07) is 17.0. The van der Waals surface area contributed by atoms with Crippen molar-refractivity contribution in [3.05, 3.63) is 65.2 Å². The van der Waals surface area contributed by atoms with Crippen LogP contribution in [0.2, 0.25) is 5.02 Å². The minimum atomic E-state index is -0.172. The number of hydrogen-bond donors (Lipinski definition) is 2. The number of para-hydroxylation sites is 1. The molecule has 1 atom stereocenters. The van der Waals surface area contributed by atoms with Gasteiger partial charge in [-0.3, -0.25) is 9.59 Å². The highest BCUT2D eigenvalue weighted by Gasteiger charge is 2.19. The highest BCUT2D eigenvalue weighted by molar-refractivity contribution is 6.33. The minimum absolute atomic E-state index is 0.0272. The molecule has 2 aromatic carbocycles. The monoisotopic (exact) mass is 374 g/mol. The van der Waals surface area contributed by atoms with Crippen LogP contribution in [-0.4, -0.2) is 43.4 Å². The molecular weight excluding hydrogens is 350 g/mol. The average Bonchev–Trinajstić information content (AvgIpc) is 2.62. The summed E-state index contributed by atoms with van der Waals surface area (Å²) in [5, 5.41) is 3.28. The summed E-state index contributed by atoms with van der Waals surface area (Å²) in [6.07, 6.45) is 0. The van der Waals surface area contributed by atoms with Crippen LogP contribution >= 0.6 is 11.6 Å². The number of likely N-dealkylation sites (N-methyl/N-ethyl adjacent to an activating group) is 2. The molecule has 0 aliphatic carbocycles. The Hall–Kier alpha value is -2.37. The van der Waals surface area contributed by atoms with Crippen LogP contribution in [0.15, 0.2) is 54.6 Å². The predicted molar refractivity (Wildman–Crippen MR) is 104 cm³/mol. The molecule has 0 radical (unpaired) electrons. The van der Waals surface area contributed by atoms with Crippen molar-refractivity contribution in [2.24, 2.45) is 0 Å². The Bertz CT molecular complexity index is 737. The number of nitrogens with one attached hydrogen (secondary N) is 2. The lowest BCUT2D eigenvalue weighted by Gasteiger charge is -2.22. The Morgan fingerprint density at radius 3 is 2.35 bits per heavy atom. The van der Waals surface area contributed by atoms with Crippen LogP contribution in [0.3, 0.4) is 0 Å². The Morgan fingerprint density at radius 1 is 1.04 bits per heavy atom. The van der Waals surface area contributed by atoms with E-state index in [1.165, 1.54) is 0 Å². The number of benzene rings is 2. The van der Waals surface area contributed by atoms with Crippen molar-refractivity contribution in [3.63, 3.8) is 0 Å². The van der Waals surface area contributed by atoms with Crippen LogP contribution in [0.25, 0.3) is 0 Å². The van der Waals surface area contributed by atoms with Crippen molar-refractivity contribution in [2.45, 2.75) is 13.5 Å². The van der Waals surface area contributed by atoms with Crippen LogP contribution in [0, 0.1) is 0 Å². The molecule has 2 aromatic rings. The molecule has 2 amide bonds. The van der Waals surface area contributed by atoms with E-state index in [-0.39, 0.29) is 24.9 Å². The lowest BCUT2D eigenvalue weighted by atomic mass is 10.2. The van der Waals surface area contributed by atoms with Crippen molar-refractivity contribution in [3.8, 4) is 0 Å². The maximum Gasteiger partial charge on any atom is 0.279 e. The molecule has 0 spiro atoms. The van der Waals surface area contributed by atoms with Gasteiger partial charge in [0.2, 0.25) is 0 Å². The van der Waals surface area contributed by atoms with Gasteiger partial charge in [0, 0.05) is 13.1 Å². The SMILES string of the molecule is CCN(Cc1ccccc1)C(=O)C[NH+](C)CC(=O)Nc1ccccc1Cl. The average molecular weight is 375 g/mol. The van der Waals surface area contributed by atoms with Gasteiger partial charge < -0.3 is 15.1 Å². The van der Waals surface area contributed by atoms with E-state index < -0.39 is 0 Å². The second kappa shape index (κ2) is 9.94. The third-order valence-electron chi connectivity index (χ3n) is 4.01. The van der Waals surface area contributed by atoms with Gasteiger partial charge in [-0.2, -0.15) is 0 Å². The highest BCUT2D eigenvalue weighted by atomic mass is 35.5. The smallest absolute Gasteiger partial charge is 0.279 e. The normalized spacial score (nSPS) is 11.7. The number of hydrogen-bond acceptors (Lipinski definition) is 2. The molecule has 0 saturated heterocycles. The number of quaternary nitrogens is 1. The maximum atomic E-state index is 12.5. The van der Waals surface area contributed by atoms with Crippen LogP contribution < -0.4 is 10.2 Å². The third kappa shape index (κ3) is 6.17.